The second-order valence-electron chi connectivity index (χ2n) is 4.72. The van der Waals surface area contributed by atoms with Crippen LogP contribution in [-0.2, 0) is 17.6 Å². The van der Waals surface area contributed by atoms with E-state index in [4.69, 9.17) is 4.74 Å². The number of hydrogen-bond acceptors (Lipinski definition) is 2. The first-order valence-corrected chi connectivity index (χ1v) is 6.82. The van der Waals surface area contributed by atoms with Gasteiger partial charge in [0.15, 0.2) is 0 Å². The van der Waals surface area contributed by atoms with Crippen molar-refractivity contribution in [3.63, 3.8) is 0 Å². The maximum absolute atomic E-state index is 12.8. The minimum absolute atomic E-state index is 0.0727. The van der Waals surface area contributed by atoms with Gasteiger partial charge in [-0.1, -0.05) is 30.3 Å². The molecule has 2 aromatic carbocycles. The Morgan fingerprint density at radius 1 is 1.14 bits per heavy atom. The van der Waals surface area contributed by atoms with Crippen molar-refractivity contribution < 1.29 is 13.9 Å². The third-order valence-electron chi connectivity index (χ3n) is 3.19. The van der Waals surface area contributed by atoms with Crippen molar-refractivity contribution in [3.8, 4) is 5.75 Å². The van der Waals surface area contributed by atoms with Crippen LogP contribution in [0.2, 0.25) is 0 Å². The molecule has 21 heavy (non-hydrogen) atoms. The van der Waals surface area contributed by atoms with Crippen LogP contribution in [0.1, 0.15) is 11.1 Å². The molecule has 0 spiro atoms. The van der Waals surface area contributed by atoms with E-state index in [0.29, 0.717) is 13.0 Å². The lowest BCUT2D eigenvalue weighted by Gasteiger charge is -2.09. The molecule has 110 valence electrons. The first kappa shape index (κ1) is 15.0. The minimum Gasteiger partial charge on any atom is -0.496 e. The van der Waals surface area contributed by atoms with Gasteiger partial charge in [0.05, 0.1) is 13.5 Å². The van der Waals surface area contributed by atoms with Crippen LogP contribution in [0.25, 0.3) is 0 Å². The average molecular weight is 287 g/mol. The van der Waals surface area contributed by atoms with E-state index in [2.05, 4.69) is 5.32 Å². The van der Waals surface area contributed by atoms with E-state index >= 15 is 0 Å². The van der Waals surface area contributed by atoms with E-state index < -0.39 is 0 Å². The van der Waals surface area contributed by atoms with E-state index in [1.54, 1.807) is 19.2 Å². The van der Waals surface area contributed by atoms with Crippen LogP contribution in [0, 0.1) is 5.82 Å². The highest BCUT2D eigenvalue weighted by Crippen LogP contribution is 2.17. The second-order valence-corrected chi connectivity index (χ2v) is 4.72. The quantitative estimate of drug-likeness (QED) is 0.887. The second kappa shape index (κ2) is 7.43. The topological polar surface area (TPSA) is 38.3 Å². The normalized spacial score (nSPS) is 10.2. The van der Waals surface area contributed by atoms with Gasteiger partial charge >= 0.3 is 0 Å². The van der Waals surface area contributed by atoms with Crippen molar-refractivity contribution in [1.82, 2.24) is 5.32 Å². The zero-order valence-corrected chi connectivity index (χ0v) is 11.9. The third kappa shape index (κ3) is 4.60. The molecule has 2 aromatic rings. The number of benzene rings is 2. The monoisotopic (exact) mass is 287 g/mol. The largest absolute Gasteiger partial charge is 0.496 e. The Kier molecular flexibility index (Phi) is 5.32. The molecular weight excluding hydrogens is 269 g/mol. The van der Waals surface area contributed by atoms with Gasteiger partial charge in [0.2, 0.25) is 5.91 Å². The highest BCUT2D eigenvalue weighted by molar-refractivity contribution is 5.78. The molecule has 1 amide bonds. The average Bonchev–Trinajstić information content (AvgIpc) is 2.50. The molecule has 0 atom stereocenters. The molecule has 0 fully saturated rings. The fraction of sp³-hybridized carbons (Fsp3) is 0.235. The first-order chi connectivity index (χ1) is 10.2. The Labute approximate surface area is 123 Å². The van der Waals surface area contributed by atoms with Gasteiger partial charge in [0.25, 0.3) is 0 Å². The lowest BCUT2D eigenvalue weighted by molar-refractivity contribution is -0.120. The van der Waals surface area contributed by atoms with E-state index in [9.17, 15) is 9.18 Å². The fourth-order valence-corrected chi connectivity index (χ4v) is 2.10. The maximum Gasteiger partial charge on any atom is 0.224 e. The van der Waals surface area contributed by atoms with Crippen molar-refractivity contribution in [2.75, 3.05) is 13.7 Å². The number of nitrogens with one attached hydrogen (secondary N) is 1. The number of ether oxygens (including phenoxy) is 1. The number of hydrogen-bond donors (Lipinski definition) is 1. The van der Waals surface area contributed by atoms with Gasteiger partial charge in [0, 0.05) is 6.54 Å². The van der Waals surface area contributed by atoms with Crippen molar-refractivity contribution in [2.45, 2.75) is 12.8 Å². The smallest absolute Gasteiger partial charge is 0.224 e. The van der Waals surface area contributed by atoms with Crippen molar-refractivity contribution in [3.05, 3.63) is 65.5 Å². The molecule has 0 unspecified atom stereocenters. The molecule has 3 nitrogen and oxygen atoms in total. The van der Waals surface area contributed by atoms with Crippen LogP contribution in [0.5, 0.6) is 5.75 Å². The van der Waals surface area contributed by atoms with Gasteiger partial charge < -0.3 is 10.1 Å². The number of halogens is 1. The standard InChI is InChI=1S/C17H18FNO2/c1-21-16-5-3-2-4-14(16)10-11-19-17(20)12-13-6-8-15(18)9-7-13/h2-9H,10-12H2,1H3,(H,19,20). The highest BCUT2D eigenvalue weighted by atomic mass is 19.1. The predicted octanol–water partition coefficient (Wildman–Crippen LogP) is 2.74. The summed E-state index contributed by atoms with van der Waals surface area (Å²) in [7, 11) is 1.63. The van der Waals surface area contributed by atoms with Gasteiger partial charge in [-0.3, -0.25) is 4.79 Å². The lowest BCUT2D eigenvalue weighted by Crippen LogP contribution is -2.27. The van der Waals surface area contributed by atoms with Gasteiger partial charge in [-0.25, -0.2) is 4.39 Å². The Morgan fingerprint density at radius 2 is 1.86 bits per heavy atom. The summed E-state index contributed by atoms with van der Waals surface area (Å²) in [5, 5.41) is 2.86. The molecule has 0 aliphatic heterocycles. The number of carbonyl (C=O) groups is 1. The third-order valence-corrected chi connectivity index (χ3v) is 3.19. The Hall–Kier alpha value is -2.36. The maximum atomic E-state index is 12.8. The SMILES string of the molecule is COc1ccccc1CCNC(=O)Cc1ccc(F)cc1. The molecule has 0 aliphatic rings. The number of para-hydroxylation sites is 1. The number of rotatable bonds is 6. The molecule has 0 radical (unpaired) electrons. The highest BCUT2D eigenvalue weighted by Gasteiger charge is 2.05. The van der Waals surface area contributed by atoms with Crippen LogP contribution in [-0.4, -0.2) is 19.6 Å². The fourth-order valence-electron chi connectivity index (χ4n) is 2.10. The first-order valence-electron chi connectivity index (χ1n) is 6.82. The summed E-state index contributed by atoms with van der Waals surface area (Å²) in [6.45, 7) is 0.542. The molecule has 1 N–H and O–H groups in total. The van der Waals surface area contributed by atoms with E-state index in [0.717, 1.165) is 16.9 Å². The lowest BCUT2D eigenvalue weighted by atomic mass is 10.1. The predicted molar refractivity (Wildman–Crippen MR) is 79.8 cm³/mol. The summed E-state index contributed by atoms with van der Waals surface area (Å²) in [5.74, 6) is 0.456. The van der Waals surface area contributed by atoms with Crippen LogP contribution < -0.4 is 10.1 Å². The summed E-state index contributed by atoms with van der Waals surface area (Å²) in [4.78, 5) is 11.8. The zero-order chi connectivity index (χ0) is 15.1. The summed E-state index contributed by atoms with van der Waals surface area (Å²) in [6, 6.07) is 13.7. The number of amides is 1. The molecular formula is C17H18FNO2. The molecule has 0 bridgehead atoms. The van der Waals surface area contributed by atoms with Gasteiger partial charge in [0.1, 0.15) is 11.6 Å². The van der Waals surface area contributed by atoms with Crippen LogP contribution in [0.3, 0.4) is 0 Å². The Balaban J connectivity index is 1.80. The number of methoxy groups -OCH3 is 1. The Bertz CT molecular complexity index is 596. The van der Waals surface area contributed by atoms with Crippen LogP contribution in [0.15, 0.2) is 48.5 Å². The Morgan fingerprint density at radius 3 is 2.57 bits per heavy atom. The van der Waals surface area contributed by atoms with E-state index in [1.807, 2.05) is 24.3 Å². The molecule has 0 aromatic heterocycles. The summed E-state index contributed by atoms with van der Waals surface area (Å²) >= 11 is 0. The van der Waals surface area contributed by atoms with Crippen LogP contribution in [0.4, 0.5) is 4.39 Å². The zero-order valence-electron chi connectivity index (χ0n) is 11.9. The summed E-state index contributed by atoms with van der Waals surface area (Å²) in [6.07, 6.45) is 0.964. The molecule has 4 heteroatoms. The molecule has 0 heterocycles. The minimum atomic E-state index is -0.296. The molecule has 0 saturated heterocycles. The van der Waals surface area contributed by atoms with Gasteiger partial charge in [-0.15, -0.1) is 0 Å². The molecule has 0 aliphatic carbocycles. The number of carbonyl (C=O) groups excluding carboxylic acids is 1. The van der Waals surface area contributed by atoms with Gasteiger partial charge in [-0.05, 0) is 35.7 Å². The van der Waals surface area contributed by atoms with E-state index in [-0.39, 0.29) is 18.1 Å². The summed E-state index contributed by atoms with van der Waals surface area (Å²) < 4.78 is 18.0. The molecule has 2 rings (SSSR count). The molecule has 0 saturated carbocycles. The summed E-state index contributed by atoms with van der Waals surface area (Å²) in [5.41, 5.74) is 1.85. The van der Waals surface area contributed by atoms with Crippen molar-refractivity contribution in [1.29, 1.82) is 0 Å². The van der Waals surface area contributed by atoms with E-state index in [1.165, 1.54) is 12.1 Å². The van der Waals surface area contributed by atoms with Crippen LogP contribution >= 0.6 is 0 Å². The van der Waals surface area contributed by atoms with Crippen molar-refractivity contribution in [2.24, 2.45) is 0 Å². The van der Waals surface area contributed by atoms with Crippen molar-refractivity contribution >= 4 is 5.91 Å². The van der Waals surface area contributed by atoms with Gasteiger partial charge in [-0.2, -0.15) is 0 Å².